The van der Waals surface area contributed by atoms with Crippen molar-refractivity contribution in [3.8, 4) is 0 Å². The molecule has 1 aliphatic carbocycles. The van der Waals surface area contributed by atoms with Crippen LogP contribution in [0.15, 0.2) is 35.3 Å². The van der Waals surface area contributed by atoms with E-state index in [0.717, 1.165) is 51.3 Å². The number of hydrogen-bond acceptors (Lipinski definition) is 2. The zero-order chi connectivity index (χ0) is 18.2. The third-order valence-electron chi connectivity index (χ3n) is 5.57. The summed E-state index contributed by atoms with van der Waals surface area (Å²) in [6.07, 6.45) is 7.84. The van der Waals surface area contributed by atoms with E-state index < -0.39 is 0 Å². The Morgan fingerprint density at radius 1 is 1.15 bits per heavy atom. The summed E-state index contributed by atoms with van der Waals surface area (Å²) in [5, 5.41) is 6.87. The summed E-state index contributed by atoms with van der Waals surface area (Å²) in [4.78, 5) is 19.1. The number of rotatable bonds is 5. The van der Waals surface area contributed by atoms with Crippen LogP contribution in [0.3, 0.4) is 0 Å². The highest BCUT2D eigenvalue weighted by atomic mass is 127. The molecule has 3 rings (SSSR count). The van der Waals surface area contributed by atoms with Crippen molar-refractivity contribution >= 4 is 35.8 Å². The Bertz CT molecular complexity index is 601. The van der Waals surface area contributed by atoms with E-state index in [1.165, 1.54) is 24.8 Å². The standard InChI is InChI=1S/C21H32N4O.HI/c1-22-21(23-14-12-17-8-4-2-5-9-17)24-19-13-15-25(16-19)20(26)18-10-6-3-7-11-18;/h2,4-5,8-9,18-19H,3,6-7,10-16H2,1H3,(H2,22,23,24);1H. The number of nitrogens with zero attached hydrogens (tertiary/aromatic N) is 2. The van der Waals surface area contributed by atoms with Crippen LogP contribution in [0.4, 0.5) is 0 Å². The van der Waals surface area contributed by atoms with Gasteiger partial charge in [0.05, 0.1) is 0 Å². The Morgan fingerprint density at radius 3 is 2.59 bits per heavy atom. The van der Waals surface area contributed by atoms with E-state index in [4.69, 9.17) is 0 Å². The Hall–Kier alpha value is -1.31. The molecule has 1 amide bonds. The van der Waals surface area contributed by atoms with Gasteiger partial charge in [0.2, 0.25) is 5.91 Å². The molecule has 1 atom stereocenters. The molecule has 1 aliphatic heterocycles. The first-order chi connectivity index (χ1) is 12.8. The number of aliphatic imine (C=N–C) groups is 1. The Morgan fingerprint density at radius 2 is 1.89 bits per heavy atom. The lowest BCUT2D eigenvalue weighted by molar-refractivity contribution is -0.135. The number of carbonyl (C=O) groups excluding carboxylic acids is 1. The molecule has 150 valence electrons. The number of guanidine groups is 1. The van der Waals surface area contributed by atoms with E-state index in [1.54, 1.807) is 7.05 Å². The van der Waals surface area contributed by atoms with E-state index in [1.807, 2.05) is 6.07 Å². The SMILES string of the molecule is CN=C(NCCc1ccccc1)NC1CCN(C(=O)C2CCCCC2)C1.I. The molecule has 0 bridgehead atoms. The second-order valence-electron chi connectivity index (χ2n) is 7.48. The predicted molar refractivity (Wildman–Crippen MR) is 122 cm³/mol. The van der Waals surface area contributed by atoms with Gasteiger partial charge in [-0.1, -0.05) is 49.6 Å². The Labute approximate surface area is 180 Å². The second-order valence-corrected chi connectivity index (χ2v) is 7.48. The van der Waals surface area contributed by atoms with Crippen molar-refractivity contribution in [3.63, 3.8) is 0 Å². The molecule has 1 saturated carbocycles. The van der Waals surface area contributed by atoms with Gasteiger partial charge in [0.1, 0.15) is 0 Å². The number of nitrogens with one attached hydrogen (secondary N) is 2. The zero-order valence-electron chi connectivity index (χ0n) is 16.3. The molecule has 0 aromatic heterocycles. The molecule has 6 heteroatoms. The van der Waals surface area contributed by atoms with Crippen LogP contribution < -0.4 is 10.6 Å². The Kier molecular flexibility index (Phi) is 9.38. The van der Waals surface area contributed by atoms with Crippen LogP contribution in [-0.2, 0) is 11.2 Å². The van der Waals surface area contributed by atoms with Crippen molar-refractivity contribution in [2.75, 3.05) is 26.7 Å². The molecule has 2 aliphatic rings. The summed E-state index contributed by atoms with van der Waals surface area (Å²) in [6, 6.07) is 10.8. The molecular formula is C21H33IN4O. The van der Waals surface area contributed by atoms with E-state index in [9.17, 15) is 4.79 Å². The van der Waals surface area contributed by atoms with Gasteiger partial charge in [-0.25, -0.2) is 0 Å². The normalized spacial score (nSPS) is 20.9. The van der Waals surface area contributed by atoms with E-state index in [2.05, 4.69) is 44.8 Å². The highest BCUT2D eigenvalue weighted by Crippen LogP contribution is 2.26. The maximum Gasteiger partial charge on any atom is 0.225 e. The van der Waals surface area contributed by atoms with E-state index in [-0.39, 0.29) is 29.9 Å². The molecule has 27 heavy (non-hydrogen) atoms. The van der Waals surface area contributed by atoms with Crippen LogP contribution >= 0.6 is 24.0 Å². The maximum atomic E-state index is 12.7. The van der Waals surface area contributed by atoms with Gasteiger partial charge in [0.15, 0.2) is 5.96 Å². The third-order valence-corrected chi connectivity index (χ3v) is 5.57. The first-order valence-corrected chi connectivity index (χ1v) is 10.1. The second kappa shape index (κ2) is 11.5. The minimum atomic E-state index is 0. The van der Waals surface area contributed by atoms with Crippen molar-refractivity contribution in [2.24, 2.45) is 10.9 Å². The monoisotopic (exact) mass is 484 g/mol. The number of halogens is 1. The van der Waals surface area contributed by atoms with Crippen molar-refractivity contribution in [2.45, 2.75) is 51.0 Å². The number of hydrogen-bond donors (Lipinski definition) is 2. The molecule has 5 nitrogen and oxygen atoms in total. The minimum Gasteiger partial charge on any atom is -0.356 e. The van der Waals surface area contributed by atoms with Gasteiger partial charge in [0.25, 0.3) is 0 Å². The molecule has 1 aromatic carbocycles. The minimum absolute atomic E-state index is 0. The third kappa shape index (κ3) is 6.66. The summed E-state index contributed by atoms with van der Waals surface area (Å²) in [6.45, 7) is 2.52. The topological polar surface area (TPSA) is 56.7 Å². The molecular weight excluding hydrogens is 451 g/mol. The van der Waals surface area contributed by atoms with Gasteiger partial charge in [0, 0.05) is 38.6 Å². The number of benzene rings is 1. The summed E-state index contributed by atoms with van der Waals surface area (Å²) < 4.78 is 0. The molecule has 0 spiro atoms. The predicted octanol–water partition coefficient (Wildman–Crippen LogP) is 3.19. The fraction of sp³-hybridized carbons (Fsp3) is 0.619. The number of likely N-dealkylation sites (tertiary alicyclic amines) is 1. The van der Waals surface area contributed by atoms with Crippen molar-refractivity contribution < 1.29 is 4.79 Å². The van der Waals surface area contributed by atoms with Crippen molar-refractivity contribution in [1.29, 1.82) is 0 Å². The molecule has 1 saturated heterocycles. The molecule has 1 heterocycles. The van der Waals surface area contributed by atoms with Gasteiger partial charge in [-0.3, -0.25) is 9.79 Å². The largest absolute Gasteiger partial charge is 0.356 e. The smallest absolute Gasteiger partial charge is 0.225 e. The highest BCUT2D eigenvalue weighted by Gasteiger charge is 2.31. The lowest BCUT2D eigenvalue weighted by Crippen LogP contribution is -2.46. The molecule has 2 N–H and O–H groups in total. The summed E-state index contributed by atoms with van der Waals surface area (Å²) in [7, 11) is 1.80. The Balaban J connectivity index is 0.00000261. The fourth-order valence-corrected chi connectivity index (χ4v) is 4.04. The quantitative estimate of drug-likeness (QED) is 0.384. The van der Waals surface area contributed by atoms with Gasteiger partial charge in [-0.2, -0.15) is 0 Å². The summed E-state index contributed by atoms with van der Waals surface area (Å²) in [5.41, 5.74) is 1.32. The van der Waals surface area contributed by atoms with Crippen LogP contribution in [0.25, 0.3) is 0 Å². The van der Waals surface area contributed by atoms with Crippen LogP contribution in [-0.4, -0.2) is 49.5 Å². The van der Waals surface area contributed by atoms with E-state index >= 15 is 0 Å². The first kappa shape index (κ1) is 22.0. The summed E-state index contributed by atoms with van der Waals surface area (Å²) in [5.74, 6) is 1.48. The first-order valence-electron chi connectivity index (χ1n) is 10.1. The lowest BCUT2D eigenvalue weighted by Gasteiger charge is -2.26. The van der Waals surface area contributed by atoms with Crippen LogP contribution in [0.5, 0.6) is 0 Å². The average molecular weight is 484 g/mol. The molecule has 2 fully saturated rings. The van der Waals surface area contributed by atoms with Gasteiger partial charge in [-0.15, -0.1) is 24.0 Å². The molecule has 0 radical (unpaired) electrons. The number of amides is 1. The molecule has 1 aromatic rings. The maximum absolute atomic E-state index is 12.7. The van der Waals surface area contributed by atoms with Gasteiger partial charge >= 0.3 is 0 Å². The van der Waals surface area contributed by atoms with Gasteiger partial charge < -0.3 is 15.5 Å². The highest BCUT2D eigenvalue weighted by molar-refractivity contribution is 14.0. The number of carbonyl (C=O) groups is 1. The lowest BCUT2D eigenvalue weighted by atomic mass is 9.88. The zero-order valence-corrected chi connectivity index (χ0v) is 18.7. The average Bonchev–Trinajstić information content (AvgIpc) is 3.16. The molecule has 1 unspecified atom stereocenters. The van der Waals surface area contributed by atoms with Crippen LogP contribution in [0.1, 0.15) is 44.1 Å². The van der Waals surface area contributed by atoms with Crippen molar-refractivity contribution in [1.82, 2.24) is 15.5 Å². The van der Waals surface area contributed by atoms with Crippen LogP contribution in [0.2, 0.25) is 0 Å². The van der Waals surface area contributed by atoms with Gasteiger partial charge in [-0.05, 0) is 31.2 Å². The van der Waals surface area contributed by atoms with Crippen molar-refractivity contribution in [3.05, 3.63) is 35.9 Å². The fourth-order valence-electron chi connectivity index (χ4n) is 4.04. The van der Waals surface area contributed by atoms with Crippen LogP contribution in [0, 0.1) is 5.92 Å². The summed E-state index contributed by atoms with van der Waals surface area (Å²) >= 11 is 0. The van der Waals surface area contributed by atoms with E-state index in [0.29, 0.717) is 11.9 Å².